The van der Waals surface area contributed by atoms with Gasteiger partial charge in [-0.1, -0.05) is 30.3 Å². The van der Waals surface area contributed by atoms with Gasteiger partial charge in [0.15, 0.2) is 5.82 Å². The number of carbonyl (C=O) groups excluding carboxylic acids is 2. The molecule has 0 saturated carbocycles. The van der Waals surface area contributed by atoms with E-state index in [1.807, 2.05) is 30.3 Å². The predicted molar refractivity (Wildman–Crippen MR) is 109 cm³/mol. The quantitative estimate of drug-likeness (QED) is 0.475. The summed E-state index contributed by atoms with van der Waals surface area (Å²) in [5.41, 5.74) is 2.05. The van der Waals surface area contributed by atoms with Gasteiger partial charge in [0.1, 0.15) is 12.4 Å². The Morgan fingerprint density at radius 2 is 1.83 bits per heavy atom. The smallest absolute Gasteiger partial charge is 0.249 e. The molecule has 1 unspecified atom stereocenters. The molecule has 0 saturated heterocycles. The van der Waals surface area contributed by atoms with E-state index >= 15 is 0 Å². The fourth-order valence-electron chi connectivity index (χ4n) is 3.10. The van der Waals surface area contributed by atoms with Gasteiger partial charge in [-0.3, -0.25) is 9.59 Å². The molecule has 150 valence electrons. The third-order valence-corrected chi connectivity index (χ3v) is 4.70. The number of ketones is 1. The summed E-state index contributed by atoms with van der Waals surface area (Å²) >= 11 is 0. The molecule has 0 fully saturated rings. The van der Waals surface area contributed by atoms with Crippen LogP contribution >= 0.6 is 0 Å². The third-order valence-electron chi connectivity index (χ3n) is 4.70. The summed E-state index contributed by atoms with van der Waals surface area (Å²) in [7, 11) is 1.76. The van der Waals surface area contributed by atoms with Crippen molar-refractivity contribution in [1.29, 1.82) is 0 Å². The minimum atomic E-state index is -0.615. The second-order valence-corrected chi connectivity index (χ2v) is 6.75. The Kier molecular flexibility index (Phi) is 5.42. The van der Waals surface area contributed by atoms with Gasteiger partial charge in [-0.15, -0.1) is 5.10 Å². The topological polar surface area (TPSA) is 108 Å². The maximum atomic E-state index is 13.0. The lowest BCUT2D eigenvalue weighted by atomic mass is 10.1. The van der Waals surface area contributed by atoms with Crippen molar-refractivity contribution in [3.63, 3.8) is 0 Å². The third kappa shape index (κ3) is 4.14. The van der Waals surface area contributed by atoms with Crippen LogP contribution in [0.25, 0.3) is 0 Å². The molecule has 9 nitrogen and oxygen atoms in total. The highest BCUT2D eigenvalue weighted by Gasteiger charge is 2.23. The molecule has 0 spiro atoms. The Morgan fingerprint density at radius 3 is 2.47 bits per heavy atom. The number of rotatable bonds is 7. The molecule has 1 amide bonds. The van der Waals surface area contributed by atoms with Crippen LogP contribution in [0.3, 0.4) is 0 Å². The number of nitrogens with zero attached hydrogens (tertiary/aromatic N) is 6. The highest BCUT2D eigenvalue weighted by molar-refractivity contribution is 6.07. The molecule has 9 heteroatoms. The number of imidazole rings is 1. The first-order valence-corrected chi connectivity index (χ1v) is 9.31. The Labute approximate surface area is 172 Å². The molecule has 0 aliphatic rings. The number of benzene rings is 2. The lowest BCUT2D eigenvalue weighted by Crippen LogP contribution is -2.28. The maximum Gasteiger partial charge on any atom is 0.249 e. The number of aryl methyl sites for hydroxylation is 1. The summed E-state index contributed by atoms with van der Waals surface area (Å²) in [5.74, 6) is -0.0845. The second-order valence-electron chi connectivity index (χ2n) is 6.75. The molecule has 1 N–H and O–H groups in total. The normalized spacial score (nSPS) is 11.8. The van der Waals surface area contributed by atoms with E-state index in [-0.39, 0.29) is 11.7 Å². The molecular formula is C21H19N7O2. The first-order chi connectivity index (χ1) is 14.6. The number of nitrogens with one attached hydrogen (secondary N) is 1. The van der Waals surface area contributed by atoms with E-state index in [0.29, 0.717) is 23.5 Å². The summed E-state index contributed by atoms with van der Waals surface area (Å²) in [6, 6.07) is 15.7. The van der Waals surface area contributed by atoms with E-state index in [2.05, 4.69) is 25.8 Å². The summed E-state index contributed by atoms with van der Waals surface area (Å²) in [5, 5.41) is 14.1. The molecular weight excluding hydrogens is 382 g/mol. The van der Waals surface area contributed by atoms with Crippen LogP contribution in [0.4, 0.5) is 5.69 Å². The maximum absolute atomic E-state index is 13.0. The zero-order valence-corrected chi connectivity index (χ0v) is 16.2. The van der Waals surface area contributed by atoms with Crippen molar-refractivity contribution in [2.24, 2.45) is 7.05 Å². The van der Waals surface area contributed by atoms with Crippen molar-refractivity contribution in [2.75, 3.05) is 5.32 Å². The minimum absolute atomic E-state index is 0.184. The molecule has 1 atom stereocenters. The monoisotopic (exact) mass is 401 g/mol. The summed E-state index contributed by atoms with van der Waals surface area (Å²) in [4.78, 5) is 29.6. The first kappa shape index (κ1) is 19.2. The number of carbonyl (C=O) groups is 2. The van der Waals surface area contributed by atoms with Crippen molar-refractivity contribution < 1.29 is 9.59 Å². The lowest BCUT2D eigenvalue weighted by molar-refractivity contribution is -0.119. The van der Waals surface area contributed by atoms with Crippen molar-refractivity contribution >= 4 is 17.4 Å². The Hall–Kier alpha value is -4.14. The molecule has 4 aromatic rings. The lowest BCUT2D eigenvalue weighted by Gasteiger charge is -2.16. The molecule has 0 bridgehead atoms. The average molecular weight is 401 g/mol. The van der Waals surface area contributed by atoms with Crippen LogP contribution in [-0.2, 0) is 18.3 Å². The Morgan fingerprint density at radius 1 is 1.07 bits per heavy atom. The number of aromatic nitrogens is 6. The Balaban J connectivity index is 1.50. The number of hydrogen-bond acceptors (Lipinski definition) is 6. The standard InChI is InChI=1S/C21H19N7O2/c1-27-12-11-22-20(27)19(29)16-7-9-17(10-8-16)24-21(30)18(28-14-23-25-26-28)13-15-5-3-2-4-6-15/h2-12,14,18H,13H2,1H3,(H,24,30). The molecule has 2 aromatic heterocycles. The summed E-state index contributed by atoms with van der Waals surface area (Å²) in [6.07, 6.45) is 5.15. The van der Waals surface area contributed by atoms with Gasteiger partial charge >= 0.3 is 0 Å². The predicted octanol–water partition coefficient (Wildman–Crippen LogP) is 2.06. The van der Waals surface area contributed by atoms with E-state index < -0.39 is 6.04 Å². The van der Waals surface area contributed by atoms with E-state index in [1.54, 1.807) is 48.3 Å². The first-order valence-electron chi connectivity index (χ1n) is 9.31. The van der Waals surface area contributed by atoms with E-state index in [4.69, 9.17) is 0 Å². The molecule has 30 heavy (non-hydrogen) atoms. The number of anilines is 1. The van der Waals surface area contributed by atoms with E-state index in [1.165, 1.54) is 11.0 Å². The van der Waals surface area contributed by atoms with Crippen LogP contribution in [0, 0.1) is 0 Å². The average Bonchev–Trinajstić information content (AvgIpc) is 3.44. The largest absolute Gasteiger partial charge is 0.331 e. The van der Waals surface area contributed by atoms with Gasteiger partial charge in [-0.25, -0.2) is 9.67 Å². The highest BCUT2D eigenvalue weighted by atomic mass is 16.2. The van der Waals surface area contributed by atoms with Crippen LogP contribution in [0.15, 0.2) is 73.3 Å². The SMILES string of the molecule is Cn1ccnc1C(=O)c1ccc(NC(=O)C(Cc2ccccc2)n2cnnn2)cc1. The van der Waals surface area contributed by atoms with Gasteiger partial charge in [0.25, 0.3) is 0 Å². The van der Waals surface area contributed by atoms with Crippen LogP contribution in [0.5, 0.6) is 0 Å². The van der Waals surface area contributed by atoms with E-state index in [9.17, 15) is 9.59 Å². The minimum Gasteiger partial charge on any atom is -0.331 e. The van der Waals surface area contributed by atoms with Gasteiger partial charge in [0.2, 0.25) is 11.7 Å². The van der Waals surface area contributed by atoms with Gasteiger partial charge < -0.3 is 9.88 Å². The number of hydrogen-bond donors (Lipinski definition) is 1. The highest BCUT2D eigenvalue weighted by Crippen LogP contribution is 2.18. The zero-order valence-electron chi connectivity index (χ0n) is 16.2. The van der Waals surface area contributed by atoms with Crippen molar-refractivity contribution in [3.05, 3.63) is 90.3 Å². The molecule has 0 radical (unpaired) electrons. The van der Waals surface area contributed by atoms with Gasteiger partial charge in [0, 0.05) is 37.1 Å². The molecule has 2 aromatic carbocycles. The molecule has 2 heterocycles. The van der Waals surface area contributed by atoms with Crippen LogP contribution in [-0.4, -0.2) is 41.4 Å². The van der Waals surface area contributed by atoms with E-state index in [0.717, 1.165) is 5.56 Å². The Bertz CT molecular complexity index is 1140. The number of amides is 1. The number of tetrazole rings is 1. The second kappa shape index (κ2) is 8.48. The molecule has 4 rings (SSSR count). The van der Waals surface area contributed by atoms with Crippen molar-refractivity contribution in [1.82, 2.24) is 29.8 Å². The van der Waals surface area contributed by atoms with Gasteiger partial charge in [-0.2, -0.15) is 0 Å². The van der Waals surface area contributed by atoms with Gasteiger partial charge in [0.05, 0.1) is 0 Å². The van der Waals surface area contributed by atoms with Gasteiger partial charge in [-0.05, 0) is 40.3 Å². The van der Waals surface area contributed by atoms with Crippen LogP contribution < -0.4 is 5.32 Å². The molecule has 0 aliphatic carbocycles. The summed E-state index contributed by atoms with van der Waals surface area (Å²) in [6.45, 7) is 0. The van der Waals surface area contributed by atoms with Crippen molar-refractivity contribution in [2.45, 2.75) is 12.5 Å². The van der Waals surface area contributed by atoms with Crippen LogP contribution in [0.2, 0.25) is 0 Å². The molecule has 0 aliphatic heterocycles. The fraction of sp³-hybridized carbons (Fsp3) is 0.143. The zero-order chi connectivity index (χ0) is 20.9. The fourth-order valence-corrected chi connectivity index (χ4v) is 3.10. The van der Waals surface area contributed by atoms with Crippen LogP contribution in [0.1, 0.15) is 27.8 Å². The summed E-state index contributed by atoms with van der Waals surface area (Å²) < 4.78 is 3.10. The van der Waals surface area contributed by atoms with Crippen molar-refractivity contribution in [3.8, 4) is 0 Å².